The maximum absolute atomic E-state index is 3.56. The Kier molecular flexibility index (Phi) is 7.14. The molecule has 17 heavy (non-hydrogen) atoms. The highest BCUT2D eigenvalue weighted by Crippen LogP contribution is 2.31. The molecule has 0 saturated heterocycles. The lowest BCUT2D eigenvalue weighted by molar-refractivity contribution is 0.205. The van der Waals surface area contributed by atoms with Gasteiger partial charge in [0.15, 0.2) is 0 Å². The standard InChI is InChI=1S/C15H32N2/c1-5-17(6-2)12-11-15(16-4)14-9-7-13(3)8-10-14/h13-16H,5-12H2,1-4H3. The fourth-order valence-corrected chi connectivity index (χ4v) is 3.17. The molecule has 0 heterocycles. The summed E-state index contributed by atoms with van der Waals surface area (Å²) in [6.45, 7) is 10.6. The van der Waals surface area contributed by atoms with Crippen LogP contribution in [0.4, 0.5) is 0 Å². The summed E-state index contributed by atoms with van der Waals surface area (Å²) < 4.78 is 0. The van der Waals surface area contributed by atoms with Crippen molar-refractivity contribution >= 4 is 0 Å². The minimum atomic E-state index is 0.739. The highest BCUT2D eigenvalue weighted by molar-refractivity contribution is 4.81. The highest BCUT2D eigenvalue weighted by Gasteiger charge is 2.24. The second-order valence-electron chi connectivity index (χ2n) is 5.73. The molecule has 0 aromatic rings. The van der Waals surface area contributed by atoms with Gasteiger partial charge in [-0.05, 0) is 57.8 Å². The minimum absolute atomic E-state index is 0.739. The van der Waals surface area contributed by atoms with Gasteiger partial charge in [0.1, 0.15) is 0 Å². The van der Waals surface area contributed by atoms with Crippen molar-refractivity contribution in [1.82, 2.24) is 10.2 Å². The lowest BCUT2D eigenvalue weighted by atomic mass is 9.78. The lowest BCUT2D eigenvalue weighted by Crippen LogP contribution is -2.39. The second-order valence-corrected chi connectivity index (χ2v) is 5.73. The molecule has 1 saturated carbocycles. The number of hydrogen-bond donors (Lipinski definition) is 1. The summed E-state index contributed by atoms with van der Waals surface area (Å²) in [6, 6.07) is 0.739. The first-order chi connectivity index (χ1) is 8.21. The molecule has 0 spiro atoms. The SMILES string of the molecule is CCN(CC)CCC(NC)C1CCC(C)CC1. The zero-order chi connectivity index (χ0) is 12.7. The van der Waals surface area contributed by atoms with Crippen molar-refractivity contribution in [3.8, 4) is 0 Å². The van der Waals surface area contributed by atoms with E-state index in [1.165, 1.54) is 51.7 Å². The molecule has 1 atom stereocenters. The van der Waals surface area contributed by atoms with Crippen LogP contribution in [-0.2, 0) is 0 Å². The van der Waals surface area contributed by atoms with Crippen molar-refractivity contribution in [3.05, 3.63) is 0 Å². The lowest BCUT2D eigenvalue weighted by Gasteiger charge is -2.33. The summed E-state index contributed by atoms with van der Waals surface area (Å²) >= 11 is 0. The van der Waals surface area contributed by atoms with Gasteiger partial charge in [-0.1, -0.05) is 33.6 Å². The van der Waals surface area contributed by atoms with Crippen LogP contribution in [0.15, 0.2) is 0 Å². The van der Waals surface area contributed by atoms with E-state index in [1.807, 2.05) is 0 Å². The van der Waals surface area contributed by atoms with Crippen LogP contribution in [0, 0.1) is 11.8 Å². The predicted molar refractivity (Wildman–Crippen MR) is 76.4 cm³/mol. The first kappa shape index (κ1) is 15.0. The molecular formula is C15H32N2. The van der Waals surface area contributed by atoms with Crippen molar-refractivity contribution in [2.24, 2.45) is 11.8 Å². The third kappa shape index (κ3) is 4.97. The molecule has 0 radical (unpaired) electrons. The van der Waals surface area contributed by atoms with E-state index in [0.717, 1.165) is 17.9 Å². The van der Waals surface area contributed by atoms with Gasteiger partial charge in [-0.3, -0.25) is 0 Å². The minimum Gasteiger partial charge on any atom is -0.317 e. The van der Waals surface area contributed by atoms with Crippen molar-refractivity contribution in [2.75, 3.05) is 26.7 Å². The smallest absolute Gasteiger partial charge is 0.0104 e. The number of hydrogen-bond acceptors (Lipinski definition) is 2. The molecule has 0 aliphatic heterocycles. The van der Waals surface area contributed by atoms with Crippen LogP contribution >= 0.6 is 0 Å². The quantitative estimate of drug-likeness (QED) is 0.735. The highest BCUT2D eigenvalue weighted by atomic mass is 15.1. The molecule has 1 aliphatic rings. The second kappa shape index (κ2) is 8.10. The van der Waals surface area contributed by atoms with Crippen molar-refractivity contribution in [1.29, 1.82) is 0 Å². The van der Waals surface area contributed by atoms with E-state index in [-0.39, 0.29) is 0 Å². The Morgan fingerprint density at radius 1 is 1.12 bits per heavy atom. The first-order valence-electron chi connectivity index (χ1n) is 7.60. The molecular weight excluding hydrogens is 208 g/mol. The van der Waals surface area contributed by atoms with Gasteiger partial charge in [0.05, 0.1) is 0 Å². The monoisotopic (exact) mass is 240 g/mol. The molecule has 2 heteroatoms. The van der Waals surface area contributed by atoms with Crippen LogP contribution in [0.25, 0.3) is 0 Å². The van der Waals surface area contributed by atoms with E-state index in [1.54, 1.807) is 0 Å². The summed E-state index contributed by atoms with van der Waals surface area (Å²) in [6.07, 6.45) is 7.06. The summed E-state index contributed by atoms with van der Waals surface area (Å²) in [4.78, 5) is 2.54. The van der Waals surface area contributed by atoms with Crippen molar-refractivity contribution in [2.45, 2.75) is 58.9 Å². The Bertz CT molecular complexity index is 181. The molecule has 0 aromatic carbocycles. The number of nitrogens with zero attached hydrogens (tertiary/aromatic N) is 1. The average molecular weight is 240 g/mol. The van der Waals surface area contributed by atoms with Crippen LogP contribution in [0.2, 0.25) is 0 Å². The van der Waals surface area contributed by atoms with E-state index in [4.69, 9.17) is 0 Å². The van der Waals surface area contributed by atoms with Crippen molar-refractivity contribution in [3.63, 3.8) is 0 Å². The van der Waals surface area contributed by atoms with Crippen molar-refractivity contribution < 1.29 is 0 Å². The molecule has 102 valence electrons. The zero-order valence-corrected chi connectivity index (χ0v) is 12.3. The number of rotatable bonds is 7. The van der Waals surface area contributed by atoms with E-state index in [0.29, 0.717) is 0 Å². The van der Waals surface area contributed by atoms with E-state index in [9.17, 15) is 0 Å². The van der Waals surface area contributed by atoms with Crippen LogP contribution < -0.4 is 5.32 Å². The molecule has 1 aliphatic carbocycles. The normalized spacial score (nSPS) is 27.4. The first-order valence-corrected chi connectivity index (χ1v) is 7.60. The molecule has 2 nitrogen and oxygen atoms in total. The topological polar surface area (TPSA) is 15.3 Å². The Hall–Kier alpha value is -0.0800. The van der Waals surface area contributed by atoms with Gasteiger partial charge in [-0.25, -0.2) is 0 Å². The van der Waals surface area contributed by atoms with Gasteiger partial charge in [0, 0.05) is 6.04 Å². The third-order valence-electron chi connectivity index (χ3n) is 4.65. The van der Waals surface area contributed by atoms with Crippen LogP contribution in [0.3, 0.4) is 0 Å². The molecule has 1 fully saturated rings. The van der Waals surface area contributed by atoms with E-state index >= 15 is 0 Å². The Balaban J connectivity index is 2.32. The maximum Gasteiger partial charge on any atom is 0.0104 e. The maximum atomic E-state index is 3.56. The van der Waals surface area contributed by atoms with Gasteiger partial charge in [0.2, 0.25) is 0 Å². The van der Waals surface area contributed by atoms with Gasteiger partial charge in [-0.2, -0.15) is 0 Å². The fourth-order valence-electron chi connectivity index (χ4n) is 3.17. The molecule has 1 N–H and O–H groups in total. The van der Waals surface area contributed by atoms with Crippen LogP contribution in [0.5, 0.6) is 0 Å². The molecule has 0 amide bonds. The summed E-state index contributed by atoms with van der Waals surface area (Å²) in [7, 11) is 2.14. The summed E-state index contributed by atoms with van der Waals surface area (Å²) in [5, 5.41) is 3.56. The Morgan fingerprint density at radius 2 is 1.71 bits per heavy atom. The number of nitrogens with one attached hydrogen (secondary N) is 1. The predicted octanol–water partition coefficient (Wildman–Crippen LogP) is 3.13. The van der Waals surface area contributed by atoms with Crippen LogP contribution in [-0.4, -0.2) is 37.6 Å². The average Bonchev–Trinajstić information content (AvgIpc) is 2.36. The zero-order valence-electron chi connectivity index (χ0n) is 12.3. The summed E-state index contributed by atoms with van der Waals surface area (Å²) in [5.41, 5.74) is 0. The van der Waals surface area contributed by atoms with Gasteiger partial charge in [-0.15, -0.1) is 0 Å². The third-order valence-corrected chi connectivity index (χ3v) is 4.65. The van der Waals surface area contributed by atoms with Gasteiger partial charge in [0.25, 0.3) is 0 Å². The van der Waals surface area contributed by atoms with Crippen LogP contribution in [0.1, 0.15) is 52.9 Å². The molecule has 0 aromatic heterocycles. The van der Waals surface area contributed by atoms with E-state index in [2.05, 4.69) is 38.0 Å². The Labute approximate surface area is 108 Å². The summed E-state index contributed by atoms with van der Waals surface area (Å²) in [5.74, 6) is 1.89. The van der Waals surface area contributed by atoms with Gasteiger partial charge < -0.3 is 10.2 Å². The Morgan fingerprint density at radius 3 is 2.18 bits per heavy atom. The molecule has 0 bridgehead atoms. The molecule has 1 unspecified atom stereocenters. The largest absolute Gasteiger partial charge is 0.317 e. The molecule has 1 rings (SSSR count). The van der Waals surface area contributed by atoms with E-state index < -0.39 is 0 Å². The van der Waals surface area contributed by atoms with Gasteiger partial charge >= 0.3 is 0 Å². The fraction of sp³-hybridized carbons (Fsp3) is 1.00.